The van der Waals surface area contributed by atoms with E-state index in [-0.39, 0.29) is 11.9 Å². The third-order valence-corrected chi connectivity index (χ3v) is 4.34. The van der Waals surface area contributed by atoms with Crippen LogP contribution in [0.1, 0.15) is 29.7 Å². The molecule has 0 bridgehead atoms. The number of aromatic nitrogens is 2. The van der Waals surface area contributed by atoms with Crippen molar-refractivity contribution in [1.29, 1.82) is 5.26 Å². The normalized spacial score (nSPS) is 21.9. The van der Waals surface area contributed by atoms with Crippen molar-refractivity contribution in [1.82, 2.24) is 15.1 Å². The molecule has 1 amide bonds. The Morgan fingerprint density at radius 1 is 1.30 bits per heavy atom. The lowest BCUT2D eigenvalue weighted by atomic mass is 10.1. The van der Waals surface area contributed by atoms with Gasteiger partial charge in [-0.3, -0.25) is 4.79 Å². The molecule has 6 nitrogen and oxygen atoms in total. The summed E-state index contributed by atoms with van der Waals surface area (Å²) < 4.78 is 0. The Kier molecular flexibility index (Phi) is 3.05. The number of carbonyl (C=O) groups excluding carboxylic acids is 1. The highest BCUT2D eigenvalue weighted by Crippen LogP contribution is 2.28. The molecule has 1 unspecified atom stereocenters. The molecular weight excluding hydrogens is 254 g/mol. The van der Waals surface area contributed by atoms with E-state index in [1.165, 1.54) is 0 Å². The number of aryl methyl sites for hydroxylation is 1. The number of rotatable bonds is 1. The van der Waals surface area contributed by atoms with Crippen LogP contribution in [0, 0.1) is 25.2 Å². The molecule has 0 spiro atoms. The summed E-state index contributed by atoms with van der Waals surface area (Å²) in [6, 6.07) is 2.50. The molecule has 0 aromatic carbocycles. The lowest BCUT2D eigenvalue weighted by Crippen LogP contribution is -2.52. The molecule has 3 rings (SSSR count). The SMILES string of the molecule is Cc1nnc(N2CCN3C(=O)CCC3C2)c(C#N)c1C. The Hall–Kier alpha value is -2.16. The maximum atomic E-state index is 11.7. The number of carbonyl (C=O) groups is 1. The zero-order valence-corrected chi connectivity index (χ0v) is 11.8. The maximum absolute atomic E-state index is 11.7. The van der Waals surface area contributed by atoms with Crippen LogP contribution >= 0.6 is 0 Å². The largest absolute Gasteiger partial charge is 0.350 e. The van der Waals surface area contributed by atoms with Crippen LogP contribution in [0.15, 0.2) is 0 Å². The van der Waals surface area contributed by atoms with Crippen LogP contribution in [0.4, 0.5) is 5.82 Å². The molecule has 0 N–H and O–H groups in total. The smallest absolute Gasteiger partial charge is 0.223 e. The van der Waals surface area contributed by atoms with E-state index >= 15 is 0 Å². The highest BCUT2D eigenvalue weighted by atomic mass is 16.2. The van der Waals surface area contributed by atoms with Crippen molar-refractivity contribution in [2.24, 2.45) is 0 Å². The first-order valence-corrected chi connectivity index (χ1v) is 6.90. The Balaban J connectivity index is 1.90. The van der Waals surface area contributed by atoms with Crippen molar-refractivity contribution < 1.29 is 4.79 Å². The molecule has 6 heteroatoms. The number of piperazine rings is 1. The lowest BCUT2D eigenvalue weighted by molar-refractivity contribution is -0.129. The standard InChI is InChI=1S/C14H17N5O/c1-9-10(2)16-17-14(12(9)7-15)18-5-6-19-11(8-18)3-4-13(19)20/h11H,3-6,8H2,1-2H3. The molecule has 0 radical (unpaired) electrons. The Morgan fingerprint density at radius 3 is 2.85 bits per heavy atom. The summed E-state index contributed by atoms with van der Waals surface area (Å²) in [4.78, 5) is 15.8. The van der Waals surface area contributed by atoms with Gasteiger partial charge < -0.3 is 9.80 Å². The van der Waals surface area contributed by atoms with Crippen molar-refractivity contribution >= 4 is 11.7 Å². The van der Waals surface area contributed by atoms with E-state index < -0.39 is 0 Å². The first-order valence-electron chi connectivity index (χ1n) is 6.90. The molecule has 3 heterocycles. The first-order chi connectivity index (χ1) is 9.61. The number of amides is 1. The minimum atomic E-state index is 0.251. The summed E-state index contributed by atoms with van der Waals surface area (Å²) in [6.45, 7) is 5.94. The monoisotopic (exact) mass is 271 g/mol. The number of anilines is 1. The topological polar surface area (TPSA) is 73.1 Å². The molecule has 1 aromatic heterocycles. The van der Waals surface area contributed by atoms with Crippen molar-refractivity contribution in [3.05, 3.63) is 16.8 Å². The fourth-order valence-corrected chi connectivity index (χ4v) is 3.01. The molecular formula is C14H17N5O. The predicted octanol–water partition coefficient (Wildman–Crippen LogP) is 0.776. The van der Waals surface area contributed by atoms with Crippen LogP contribution in [0.2, 0.25) is 0 Å². The lowest BCUT2D eigenvalue weighted by Gasteiger charge is -2.38. The summed E-state index contributed by atoms with van der Waals surface area (Å²) >= 11 is 0. The molecule has 2 saturated heterocycles. The molecule has 1 aromatic rings. The van der Waals surface area contributed by atoms with E-state index in [1.54, 1.807) is 0 Å². The number of fused-ring (bicyclic) bond motifs is 1. The molecule has 20 heavy (non-hydrogen) atoms. The summed E-state index contributed by atoms with van der Waals surface area (Å²) in [5.41, 5.74) is 2.29. The second kappa shape index (κ2) is 4.75. The summed E-state index contributed by atoms with van der Waals surface area (Å²) in [7, 11) is 0. The zero-order valence-electron chi connectivity index (χ0n) is 11.8. The van der Waals surface area contributed by atoms with E-state index in [1.807, 2.05) is 18.7 Å². The predicted molar refractivity (Wildman–Crippen MR) is 73.2 cm³/mol. The van der Waals surface area contributed by atoms with Gasteiger partial charge in [0.2, 0.25) is 5.91 Å². The van der Waals surface area contributed by atoms with Gasteiger partial charge in [-0.05, 0) is 25.8 Å². The van der Waals surface area contributed by atoms with Crippen LogP contribution in [0.5, 0.6) is 0 Å². The van der Waals surface area contributed by atoms with Crippen LogP contribution in [-0.2, 0) is 4.79 Å². The van der Waals surface area contributed by atoms with Gasteiger partial charge in [0.05, 0.1) is 5.69 Å². The minimum absolute atomic E-state index is 0.251. The third kappa shape index (κ3) is 1.90. The van der Waals surface area contributed by atoms with E-state index in [0.717, 1.165) is 24.2 Å². The van der Waals surface area contributed by atoms with Crippen molar-refractivity contribution in [3.63, 3.8) is 0 Å². The van der Waals surface area contributed by atoms with E-state index in [4.69, 9.17) is 0 Å². The van der Waals surface area contributed by atoms with Gasteiger partial charge in [-0.1, -0.05) is 0 Å². The third-order valence-electron chi connectivity index (χ3n) is 4.34. The molecule has 0 saturated carbocycles. The van der Waals surface area contributed by atoms with Gasteiger partial charge in [0, 0.05) is 32.1 Å². The highest BCUT2D eigenvalue weighted by molar-refractivity contribution is 5.79. The second-order valence-corrected chi connectivity index (χ2v) is 5.45. The molecule has 2 fully saturated rings. The number of hydrogen-bond donors (Lipinski definition) is 0. The van der Waals surface area contributed by atoms with Crippen LogP contribution in [0.3, 0.4) is 0 Å². The number of nitrogens with zero attached hydrogens (tertiary/aromatic N) is 5. The number of hydrogen-bond acceptors (Lipinski definition) is 5. The van der Waals surface area contributed by atoms with Gasteiger partial charge in [0.25, 0.3) is 0 Å². The average molecular weight is 271 g/mol. The first kappa shape index (κ1) is 12.9. The van der Waals surface area contributed by atoms with E-state index in [0.29, 0.717) is 30.9 Å². The van der Waals surface area contributed by atoms with Crippen LogP contribution in [0.25, 0.3) is 0 Å². The molecule has 1 atom stereocenters. The quantitative estimate of drug-likeness (QED) is 0.754. The van der Waals surface area contributed by atoms with Gasteiger partial charge in [-0.25, -0.2) is 0 Å². The minimum Gasteiger partial charge on any atom is -0.350 e. The van der Waals surface area contributed by atoms with E-state index in [9.17, 15) is 10.1 Å². The fourth-order valence-electron chi connectivity index (χ4n) is 3.01. The average Bonchev–Trinajstić information content (AvgIpc) is 2.82. The van der Waals surface area contributed by atoms with Gasteiger partial charge in [-0.15, -0.1) is 5.10 Å². The van der Waals surface area contributed by atoms with Crippen LogP contribution in [-0.4, -0.2) is 46.7 Å². The Labute approximate surface area is 118 Å². The van der Waals surface area contributed by atoms with Crippen molar-refractivity contribution in [2.45, 2.75) is 32.7 Å². The molecule has 2 aliphatic rings. The Morgan fingerprint density at radius 2 is 2.10 bits per heavy atom. The molecule has 0 aliphatic carbocycles. The zero-order chi connectivity index (χ0) is 14.3. The fraction of sp³-hybridized carbons (Fsp3) is 0.571. The van der Waals surface area contributed by atoms with Gasteiger partial charge >= 0.3 is 0 Å². The van der Waals surface area contributed by atoms with Gasteiger partial charge in [0.15, 0.2) is 5.82 Å². The second-order valence-electron chi connectivity index (χ2n) is 5.45. The van der Waals surface area contributed by atoms with Crippen molar-refractivity contribution in [2.75, 3.05) is 24.5 Å². The summed E-state index contributed by atoms with van der Waals surface area (Å²) in [5, 5.41) is 17.7. The summed E-state index contributed by atoms with van der Waals surface area (Å²) in [6.07, 6.45) is 1.54. The summed E-state index contributed by atoms with van der Waals surface area (Å²) in [5.74, 6) is 0.913. The van der Waals surface area contributed by atoms with E-state index in [2.05, 4.69) is 21.2 Å². The van der Waals surface area contributed by atoms with Gasteiger partial charge in [0.1, 0.15) is 11.6 Å². The number of nitriles is 1. The maximum Gasteiger partial charge on any atom is 0.223 e. The molecule has 2 aliphatic heterocycles. The van der Waals surface area contributed by atoms with Gasteiger partial charge in [-0.2, -0.15) is 10.4 Å². The van der Waals surface area contributed by atoms with Crippen molar-refractivity contribution in [3.8, 4) is 6.07 Å². The van der Waals surface area contributed by atoms with Crippen LogP contribution < -0.4 is 4.90 Å². The Bertz CT molecular complexity index is 606. The highest BCUT2D eigenvalue weighted by Gasteiger charge is 2.36. The molecule has 104 valence electrons.